The minimum atomic E-state index is 0.0171. The predicted molar refractivity (Wildman–Crippen MR) is 89.0 cm³/mol. The van der Waals surface area contributed by atoms with Crippen LogP contribution in [0.3, 0.4) is 0 Å². The highest BCUT2D eigenvalue weighted by atomic mass is 16.5. The first-order valence-corrected chi connectivity index (χ1v) is 8.26. The van der Waals surface area contributed by atoms with Crippen molar-refractivity contribution in [3.63, 3.8) is 0 Å². The monoisotopic (exact) mass is 319 g/mol. The van der Waals surface area contributed by atoms with E-state index < -0.39 is 0 Å². The number of piperazine rings is 1. The number of methoxy groups -OCH3 is 1. The van der Waals surface area contributed by atoms with Crippen LogP contribution in [0, 0.1) is 0 Å². The molecule has 0 aromatic heterocycles. The van der Waals surface area contributed by atoms with Crippen molar-refractivity contribution in [3.05, 3.63) is 24.3 Å². The lowest BCUT2D eigenvalue weighted by Gasteiger charge is -2.37. The summed E-state index contributed by atoms with van der Waals surface area (Å²) in [6, 6.07) is 8.03. The Morgan fingerprint density at radius 2 is 2.09 bits per heavy atom. The van der Waals surface area contributed by atoms with Crippen LogP contribution < -0.4 is 15.0 Å². The largest absolute Gasteiger partial charge is 0.495 e. The first-order valence-electron chi connectivity index (χ1n) is 8.26. The molecule has 0 saturated carbocycles. The van der Waals surface area contributed by atoms with Crippen molar-refractivity contribution in [2.45, 2.75) is 12.5 Å². The molecule has 2 fully saturated rings. The Morgan fingerprint density at radius 1 is 1.30 bits per heavy atom. The van der Waals surface area contributed by atoms with Gasteiger partial charge in [-0.15, -0.1) is 0 Å². The normalized spacial score (nSPS) is 22.0. The minimum Gasteiger partial charge on any atom is -0.495 e. The summed E-state index contributed by atoms with van der Waals surface area (Å²) in [6.07, 6.45) is 0.491. The fraction of sp³-hybridized carbons (Fsp3) is 0.588. The summed E-state index contributed by atoms with van der Waals surface area (Å²) in [6.45, 7) is 5.49. The molecule has 6 nitrogen and oxygen atoms in total. The van der Waals surface area contributed by atoms with Gasteiger partial charge in [0.15, 0.2) is 0 Å². The van der Waals surface area contributed by atoms with E-state index >= 15 is 0 Å². The second-order valence-electron chi connectivity index (χ2n) is 5.94. The average Bonchev–Trinajstić information content (AvgIpc) is 2.62. The van der Waals surface area contributed by atoms with Gasteiger partial charge in [-0.1, -0.05) is 12.1 Å². The van der Waals surface area contributed by atoms with E-state index in [1.165, 1.54) is 0 Å². The summed E-state index contributed by atoms with van der Waals surface area (Å²) < 4.78 is 11.1. The zero-order valence-corrected chi connectivity index (χ0v) is 13.7. The Bertz CT molecular complexity index is 524. The van der Waals surface area contributed by atoms with Gasteiger partial charge < -0.3 is 24.6 Å². The number of anilines is 1. The van der Waals surface area contributed by atoms with Crippen LogP contribution in [0.5, 0.6) is 5.75 Å². The van der Waals surface area contributed by atoms with Crippen LogP contribution in [0.25, 0.3) is 0 Å². The Hall–Kier alpha value is -1.79. The molecule has 1 atom stereocenters. The molecule has 3 rings (SSSR count). The van der Waals surface area contributed by atoms with Gasteiger partial charge >= 0.3 is 0 Å². The van der Waals surface area contributed by atoms with E-state index in [4.69, 9.17) is 9.47 Å². The molecule has 0 spiro atoms. The zero-order valence-electron chi connectivity index (χ0n) is 13.7. The van der Waals surface area contributed by atoms with E-state index in [0.717, 1.165) is 50.7 Å². The molecule has 2 heterocycles. The van der Waals surface area contributed by atoms with E-state index in [0.29, 0.717) is 13.0 Å². The highest BCUT2D eigenvalue weighted by Crippen LogP contribution is 2.28. The lowest BCUT2D eigenvalue weighted by Crippen LogP contribution is -2.50. The average molecular weight is 319 g/mol. The van der Waals surface area contributed by atoms with Crippen molar-refractivity contribution in [2.75, 3.05) is 57.9 Å². The lowest BCUT2D eigenvalue weighted by molar-refractivity contribution is -0.135. The maximum Gasteiger partial charge on any atom is 0.225 e. The van der Waals surface area contributed by atoms with Gasteiger partial charge in [0, 0.05) is 39.3 Å². The Labute approximate surface area is 137 Å². The summed E-state index contributed by atoms with van der Waals surface area (Å²) in [5.41, 5.74) is 1.10. The van der Waals surface area contributed by atoms with E-state index in [9.17, 15) is 4.79 Å². The molecule has 6 heteroatoms. The molecule has 0 bridgehead atoms. The molecule has 0 radical (unpaired) electrons. The number of carbonyl (C=O) groups is 1. The van der Waals surface area contributed by atoms with Crippen LogP contribution in [0.4, 0.5) is 5.69 Å². The molecule has 1 amide bonds. The highest BCUT2D eigenvalue weighted by molar-refractivity contribution is 5.77. The van der Waals surface area contributed by atoms with Gasteiger partial charge in [-0.05, 0) is 12.1 Å². The second kappa shape index (κ2) is 7.66. The SMILES string of the molecule is COc1ccccc1N1CCN(C(=O)CC2CNCCO2)CC1. The molecule has 1 aromatic carbocycles. The molecule has 1 unspecified atom stereocenters. The number of nitrogens with zero attached hydrogens (tertiary/aromatic N) is 2. The third kappa shape index (κ3) is 3.95. The molecule has 1 aromatic rings. The first kappa shape index (κ1) is 16.1. The second-order valence-corrected chi connectivity index (χ2v) is 5.94. The number of amides is 1. The van der Waals surface area contributed by atoms with Gasteiger partial charge in [-0.25, -0.2) is 0 Å². The number of morpholine rings is 1. The standard InChI is InChI=1S/C17H25N3O3/c1-22-16-5-3-2-4-15(16)19-7-9-20(10-8-19)17(21)12-14-13-18-6-11-23-14/h2-5,14,18H,6-13H2,1H3. The Kier molecular flexibility index (Phi) is 5.35. The summed E-state index contributed by atoms with van der Waals surface area (Å²) >= 11 is 0. The maximum atomic E-state index is 12.4. The molecular formula is C17H25N3O3. The van der Waals surface area contributed by atoms with Gasteiger partial charge in [-0.3, -0.25) is 4.79 Å². The van der Waals surface area contributed by atoms with Gasteiger partial charge in [-0.2, -0.15) is 0 Å². The predicted octanol–water partition coefficient (Wildman–Crippen LogP) is 0.722. The summed E-state index contributed by atoms with van der Waals surface area (Å²) in [7, 11) is 1.69. The zero-order chi connectivity index (χ0) is 16.1. The van der Waals surface area contributed by atoms with Crippen molar-refractivity contribution in [1.82, 2.24) is 10.2 Å². The van der Waals surface area contributed by atoms with E-state index in [1.807, 2.05) is 23.1 Å². The van der Waals surface area contributed by atoms with Gasteiger partial charge in [0.2, 0.25) is 5.91 Å². The van der Waals surface area contributed by atoms with Crippen molar-refractivity contribution >= 4 is 11.6 Å². The lowest BCUT2D eigenvalue weighted by atomic mass is 10.1. The minimum absolute atomic E-state index is 0.0171. The third-order valence-corrected chi connectivity index (χ3v) is 4.46. The van der Waals surface area contributed by atoms with Gasteiger partial charge in [0.05, 0.1) is 31.9 Å². The number of benzene rings is 1. The van der Waals surface area contributed by atoms with E-state index in [2.05, 4.69) is 16.3 Å². The van der Waals surface area contributed by atoms with Crippen molar-refractivity contribution in [3.8, 4) is 5.75 Å². The number of nitrogens with one attached hydrogen (secondary N) is 1. The van der Waals surface area contributed by atoms with Crippen LogP contribution in [0.15, 0.2) is 24.3 Å². The first-order chi connectivity index (χ1) is 11.3. The molecule has 0 aliphatic carbocycles. The molecular weight excluding hydrogens is 294 g/mol. The molecule has 2 aliphatic heterocycles. The number of ether oxygens (including phenoxy) is 2. The number of carbonyl (C=O) groups excluding carboxylic acids is 1. The topological polar surface area (TPSA) is 54.0 Å². The maximum absolute atomic E-state index is 12.4. The van der Waals surface area contributed by atoms with Gasteiger partial charge in [0.1, 0.15) is 5.75 Å². The highest BCUT2D eigenvalue weighted by Gasteiger charge is 2.25. The van der Waals surface area contributed by atoms with Crippen molar-refractivity contribution in [2.24, 2.45) is 0 Å². The van der Waals surface area contributed by atoms with E-state index in [-0.39, 0.29) is 12.0 Å². The number of rotatable bonds is 4. The van der Waals surface area contributed by atoms with Crippen molar-refractivity contribution in [1.29, 1.82) is 0 Å². The number of para-hydroxylation sites is 2. The molecule has 23 heavy (non-hydrogen) atoms. The van der Waals surface area contributed by atoms with E-state index in [1.54, 1.807) is 7.11 Å². The summed E-state index contributed by atoms with van der Waals surface area (Å²) in [5, 5.41) is 3.27. The van der Waals surface area contributed by atoms with Crippen LogP contribution in [-0.4, -0.2) is 69.9 Å². The molecule has 2 aliphatic rings. The number of hydrogen-bond acceptors (Lipinski definition) is 5. The number of hydrogen-bond donors (Lipinski definition) is 1. The van der Waals surface area contributed by atoms with Crippen LogP contribution in [0.2, 0.25) is 0 Å². The summed E-state index contributed by atoms with van der Waals surface area (Å²) in [5.74, 6) is 1.08. The fourth-order valence-corrected chi connectivity index (χ4v) is 3.16. The quantitative estimate of drug-likeness (QED) is 0.886. The third-order valence-electron chi connectivity index (χ3n) is 4.46. The fourth-order valence-electron chi connectivity index (χ4n) is 3.16. The molecule has 126 valence electrons. The Balaban J connectivity index is 1.52. The summed E-state index contributed by atoms with van der Waals surface area (Å²) in [4.78, 5) is 16.6. The molecule has 1 N–H and O–H groups in total. The van der Waals surface area contributed by atoms with Crippen LogP contribution in [-0.2, 0) is 9.53 Å². The Morgan fingerprint density at radius 3 is 2.78 bits per heavy atom. The smallest absolute Gasteiger partial charge is 0.225 e. The van der Waals surface area contributed by atoms with Crippen LogP contribution in [0.1, 0.15) is 6.42 Å². The van der Waals surface area contributed by atoms with Gasteiger partial charge in [0.25, 0.3) is 0 Å². The molecule has 2 saturated heterocycles. The van der Waals surface area contributed by atoms with Crippen LogP contribution >= 0.6 is 0 Å². The van der Waals surface area contributed by atoms with Crippen molar-refractivity contribution < 1.29 is 14.3 Å².